The molecule has 1 atom stereocenters. The van der Waals surface area contributed by atoms with Gasteiger partial charge >= 0.3 is 0 Å². The molecular weight excluding hydrogens is 266 g/mol. The number of likely N-dealkylation sites (N-methyl/N-ethyl adjacent to an activating group) is 1. The van der Waals surface area contributed by atoms with E-state index in [1.54, 1.807) is 13.3 Å². The fraction of sp³-hybridized carbons (Fsp3) is 0.812. The van der Waals surface area contributed by atoms with E-state index in [0.29, 0.717) is 5.75 Å². The summed E-state index contributed by atoms with van der Waals surface area (Å²) in [5.74, 6) is 0.703. The van der Waals surface area contributed by atoms with Gasteiger partial charge in [-0.3, -0.25) is 4.68 Å². The molecule has 2 rings (SSSR count). The molecule has 1 saturated carbocycles. The van der Waals surface area contributed by atoms with Crippen molar-refractivity contribution in [3.8, 4) is 5.75 Å². The van der Waals surface area contributed by atoms with Gasteiger partial charge in [-0.15, -0.1) is 0 Å². The number of ether oxygens (including phenoxy) is 1. The topological polar surface area (TPSA) is 50.5 Å². The first kappa shape index (κ1) is 16.3. The number of aliphatic hydroxyl groups is 1. The van der Waals surface area contributed by atoms with Gasteiger partial charge in [0.25, 0.3) is 0 Å². The van der Waals surface area contributed by atoms with Gasteiger partial charge in [-0.1, -0.05) is 13.8 Å². The number of methoxy groups -OCH3 is 1. The maximum absolute atomic E-state index is 11.3. The number of rotatable bonds is 5. The van der Waals surface area contributed by atoms with E-state index in [1.165, 1.54) is 0 Å². The van der Waals surface area contributed by atoms with Crippen LogP contribution in [0.3, 0.4) is 0 Å². The van der Waals surface area contributed by atoms with Gasteiger partial charge in [0.1, 0.15) is 11.3 Å². The summed E-state index contributed by atoms with van der Waals surface area (Å²) >= 11 is 0. The van der Waals surface area contributed by atoms with Crippen LogP contribution in [0, 0.1) is 5.41 Å². The first-order chi connectivity index (χ1) is 9.77. The molecule has 1 N–H and O–H groups in total. The van der Waals surface area contributed by atoms with Crippen LogP contribution in [0.1, 0.15) is 45.2 Å². The van der Waals surface area contributed by atoms with Gasteiger partial charge in [0.05, 0.1) is 19.9 Å². The Bertz CT molecular complexity index is 482. The number of aromatic nitrogens is 2. The van der Waals surface area contributed by atoms with Crippen LogP contribution in [-0.2, 0) is 12.1 Å². The van der Waals surface area contributed by atoms with Gasteiger partial charge in [0, 0.05) is 6.54 Å². The van der Waals surface area contributed by atoms with Crippen LogP contribution < -0.4 is 4.74 Å². The summed E-state index contributed by atoms with van der Waals surface area (Å²) in [6.07, 6.45) is 5.45. The third-order valence-electron chi connectivity index (χ3n) is 4.44. The van der Waals surface area contributed by atoms with Crippen molar-refractivity contribution >= 4 is 0 Å². The molecule has 1 fully saturated rings. The van der Waals surface area contributed by atoms with Crippen molar-refractivity contribution in [1.29, 1.82) is 0 Å². The lowest BCUT2D eigenvalue weighted by atomic mass is 9.68. The normalized spacial score (nSPS) is 25.3. The lowest BCUT2D eigenvalue weighted by molar-refractivity contribution is -0.0521. The monoisotopic (exact) mass is 295 g/mol. The molecule has 1 aliphatic carbocycles. The first-order valence-electron chi connectivity index (χ1n) is 7.75. The second-order valence-corrected chi connectivity index (χ2v) is 7.31. The van der Waals surface area contributed by atoms with Crippen molar-refractivity contribution in [2.75, 3.05) is 27.7 Å². The van der Waals surface area contributed by atoms with Crippen LogP contribution in [0.2, 0.25) is 0 Å². The summed E-state index contributed by atoms with van der Waals surface area (Å²) in [6.45, 7) is 6.10. The number of hydrogen-bond donors (Lipinski definition) is 1. The van der Waals surface area contributed by atoms with Crippen LogP contribution in [0.15, 0.2) is 6.20 Å². The molecule has 0 bridgehead atoms. The van der Waals surface area contributed by atoms with Crippen LogP contribution in [0.5, 0.6) is 5.75 Å². The average Bonchev–Trinajstić information content (AvgIpc) is 2.78. The van der Waals surface area contributed by atoms with E-state index in [4.69, 9.17) is 4.74 Å². The molecule has 1 heterocycles. The molecule has 0 spiro atoms. The number of nitrogens with zero attached hydrogens (tertiary/aromatic N) is 3. The van der Waals surface area contributed by atoms with Crippen molar-refractivity contribution in [3.63, 3.8) is 0 Å². The maximum Gasteiger partial charge on any atom is 0.162 e. The molecule has 0 aliphatic heterocycles. The molecule has 0 saturated heterocycles. The Morgan fingerprint density at radius 2 is 2.10 bits per heavy atom. The minimum absolute atomic E-state index is 0.147. The molecule has 1 unspecified atom stereocenters. The second-order valence-electron chi connectivity index (χ2n) is 7.31. The zero-order valence-electron chi connectivity index (χ0n) is 14.0. The Kier molecular flexibility index (Phi) is 4.63. The Labute approximate surface area is 127 Å². The van der Waals surface area contributed by atoms with E-state index in [1.807, 2.05) is 18.8 Å². The summed E-state index contributed by atoms with van der Waals surface area (Å²) in [5.41, 5.74) is 0.157. The lowest BCUT2D eigenvalue weighted by Crippen LogP contribution is -2.39. The van der Waals surface area contributed by atoms with Crippen LogP contribution in [-0.4, -0.2) is 47.5 Å². The van der Waals surface area contributed by atoms with Crippen molar-refractivity contribution in [2.24, 2.45) is 5.41 Å². The third kappa shape index (κ3) is 3.58. The standard InChI is InChI=1S/C16H29N3O2/c1-15(2)7-6-8-16(20,12-15)14-13(21-5)11-17-19(14)10-9-18(3)4/h11,20H,6-10,12H2,1-5H3. The van der Waals surface area contributed by atoms with Gasteiger partial charge in [0.2, 0.25) is 0 Å². The summed E-state index contributed by atoms with van der Waals surface area (Å²) in [4.78, 5) is 2.12. The second kappa shape index (κ2) is 5.97. The number of hydrogen-bond acceptors (Lipinski definition) is 4. The molecule has 1 aromatic rings. The summed E-state index contributed by atoms with van der Waals surface area (Å²) in [7, 11) is 5.73. The zero-order chi connectivity index (χ0) is 15.7. The minimum atomic E-state index is -0.837. The zero-order valence-corrected chi connectivity index (χ0v) is 14.0. The van der Waals surface area contributed by atoms with Crippen molar-refractivity contribution in [2.45, 2.75) is 51.7 Å². The van der Waals surface area contributed by atoms with E-state index in [0.717, 1.165) is 44.5 Å². The fourth-order valence-electron chi connectivity index (χ4n) is 3.48. The van der Waals surface area contributed by atoms with Crippen molar-refractivity contribution in [1.82, 2.24) is 14.7 Å². The van der Waals surface area contributed by atoms with Gasteiger partial charge in [-0.25, -0.2) is 0 Å². The van der Waals surface area contributed by atoms with Gasteiger partial charge in [0.15, 0.2) is 5.75 Å². The van der Waals surface area contributed by atoms with Gasteiger partial charge < -0.3 is 14.7 Å². The average molecular weight is 295 g/mol. The fourth-order valence-corrected chi connectivity index (χ4v) is 3.48. The Hall–Kier alpha value is -1.07. The Morgan fingerprint density at radius 3 is 2.67 bits per heavy atom. The van der Waals surface area contributed by atoms with E-state index in [-0.39, 0.29) is 5.41 Å². The van der Waals surface area contributed by atoms with Crippen LogP contribution in [0.25, 0.3) is 0 Å². The highest BCUT2D eigenvalue weighted by atomic mass is 16.5. The van der Waals surface area contributed by atoms with Crippen molar-refractivity contribution in [3.05, 3.63) is 11.9 Å². The van der Waals surface area contributed by atoms with Crippen LogP contribution >= 0.6 is 0 Å². The molecular formula is C16H29N3O2. The molecule has 21 heavy (non-hydrogen) atoms. The molecule has 0 radical (unpaired) electrons. The highest BCUT2D eigenvalue weighted by molar-refractivity contribution is 5.31. The molecule has 5 nitrogen and oxygen atoms in total. The molecule has 1 aromatic heterocycles. The molecule has 5 heteroatoms. The quantitative estimate of drug-likeness (QED) is 0.905. The smallest absolute Gasteiger partial charge is 0.162 e. The van der Waals surface area contributed by atoms with E-state index in [2.05, 4.69) is 23.8 Å². The molecule has 120 valence electrons. The van der Waals surface area contributed by atoms with Gasteiger partial charge in [-0.05, 0) is 45.2 Å². The third-order valence-corrected chi connectivity index (χ3v) is 4.44. The largest absolute Gasteiger partial charge is 0.493 e. The van der Waals surface area contributed by atoms with Gasteiger partial charge in [-0.2, -0.15) is 5.10 Å². The summed E-state index contributed by atoms with van der Waals surface area (Å²) < 4.78 is 7.38. The predicted octanol–water partition coefficient (Wildman–Crippen LogP) is 2.24. The predicted molar refractivity (Wildman–Crippen MR) is 83.5 cm³/mol. The van der Waals surface area contributed by atoms with E-state index in [9.17, 15) is 5.11 Å². The minimum Gasteiger partial charge on any atom is -0.493 e. The summed E-state index contributed by atoms with van der Waals surface area (Å²) in [6, 6.07) is 0. The first-order valence-corrected chi connectivity index (χ1v) is 7.75. The lowest BCUT2D eigenvalue weighted by Gasteiger charge is -2.41. The maximum atomic E-state index is 11.3. The SMILES string of the molecule is COc1cnn(CCN(C)C)c1C1(O)CCCC(C)(C)C1. The van der Waals surface area contributed by atoms with E-state index < -0.39 is 5.60 Å². The molecule has 1 aliphatic rings. The molecule has 0 aromatic carbocycles. The highest BCUT2D eigenvalue weighted by Crippen LogP contribution is 2.48. The highest BCUT2D eigenvalue weighted by Gasteiger charge is 2.43. The Balaban J connectivity index is 2.33. The Morgan fingerprint density at radius 1 is 1.38 bits per heavy atom. The van der Waals surface area contributed by atoms with E-state index >= 15 is 0 Å². The van der Waals surface area contributed by atoms with Crippen LogP contribution in [0.4, 0.5) is 0 Å². The molecule has 0 amide bonds. The van der Waals surface area contributed by atoms with Crippen molar-refractivity contribution < 1.29 is 9.84 Å². The summed E-state index contributed by atoms with van der Waals surface area (Å²) in [5, 5.41) is 15.7.